The summed E-state index contributed by atoms with van der Waals surface area (Å²) in [5.74, 6) is 1.21. The van der Waals surface area contributed by atoms with Gasteiger partial charge in [0.05, 0.1) is 23.6 Å². The fraction of sp³-hybridized carbons (Fsp3) is 0.360. The van der Waals surface area contributed by atoms with Gasteiger partial charge in [0.1, 0.15) is 18.1 Å². The molecule has 0 atom stereocenters. The minimum absolute atomic E-state index is 0.0176. The van der Waals surface area contributed by atoms with Gasteiger partial charge in [0.25, 0.3) is 0 Å². The number of nitrogens with one attached hydrogen (secondary N) is 1. The third kappa shape index (κ3) is 3.67. The summed E-state index contributed by atoms with van der Waals surface area (Å²) in [4.78, 5) is 27.9. The minimum Gasteiger partial charge on any atom is -0.496 e. The van der Waals surface area contributed by atoms with E-state index in [4.69, 9.17) is 9.47 Å². The van der Waals surface area contributed by atoms with Gasteiger partial charge in [0.15, 0.2) is 0 Å². The molecule has 0 spiro atoms. The Morgan fingerprint density at radius 2 is 2.00 bits per heavy atom. The molecule has 0 radical (unpaired) electrons. The van der Waals surface area contributed by atoms with Crippen molar-refractivity contribution >= 4 is 23.2 Å². The molecule has 1 aliphatic heterocycles. The SMILES string of the molecule is C=CCN1C(=O)C(C)(C)COc2cc(NC(=O)C3(c4ccccc4OC)CC3)ccc21. The molecular formula is C25H28N2O4. The Hall–Kier alpha value is -3.28. The van der Waals surface area contributed by atoms with E-state index in [-0.39, 0.29) is 18.4 Å². The van der Waals surface area contributed by atoms with Crippen molar-refractivity contribution < 1.29 is 19.1 Å². The highest BCUT2D eigenvalue weighted by Gasteiger charge is 2.52. The Labute approximate surface area is 182 Å². The molecule has 2 aliphatic rings. The van der Waals surface area contributed by atoms with Gasteiger partial charge in [-0.25, -0.2) is 0 Å². The van der Waals surface area contributed by atoms with Crippen molar-refractivity contribution in [2.45, 2.75) is 32.1 Å². The summed E-state index contributed by atoms with van der Waals surface area (Å²) >= 11 is 0. The highest BCUT2D eigenvalue weighted by Crippen LogP contribution is 2.52. The third-order valence-electron chi connectivity index (χ3n) is 6.04. The van der Waals surface area contributed by atoms with Crippen LogP contribution < -0.4 is 19.7 Å². The molecule has 162 valence electrons. The number of hydrogen-bond donors (Lipinski definition) is 1. The normalized spacial score (nSPS) is 18.3. The van der Waals surface area contributed by atoms with Crippen LogP contribution in [0.25, 0.3) is 0 Å². The molecule has 4 rings (SSSR count). The number of amides is 2. The first-order chi connectivity index (χ1) is 14.8. The van der Waals surface area contributed by atoms with Crippen molar-refractivity contribution in [2.24, 2.45) is 5.41 Å². The van der Waals surface area contributed by atoms with E-state index in [1.165, 1.54) is 0 Å². The summed E-state index contributed by atoms with van der Waals surface area (Å²) in [5.41, 5.74) is 0.987. The number of rotatable bonds is 6. The third-order valence-corrected chi connectivity index (χ3v) is 6.04. The molecule has 0 saturated heterocycles. The predicted octanol–water partition coefficient (Wildman–Crippen LogP) is 4.30. The van der Waals surface area contributed by atoms with Crippen LogP contribution in [0.5, 0.6) is 11.5 Å². The van der Waals surface area contributed by atoms with E-state index in [1.807, 2.05) is 44.2 Å². The molecule has 0 aromatic heterocycles. The Morgan fingerprint density at radius 1 is 1.26 bits per heavy atom. The molecule has 1 N–H and O–H groups in total. The van der Waals surface area contributed by atoms with Crippen LogP contribution >= 0.6 is 0 Å². The van der Waals surface area contributed by atoms with E-state index in [1.54, 1.807) is 30.2 Å². The second-order valence-corrected chi connectivity index (χ2v) is 8.80. The standard InChI is InChI=1S/C25H28N2O4/c1-5-14-27-19-11-10-17(15-21(19)31-16-24(2,3)23(27)29)26-22(28)25(12-13-25)18-8-6-7-9-20(18)30-4/h5-11,15H,1,12-14,16H2,2-4H3,(H,26,28). The maximum absolute atomic E-state index is 13.2. The first-order valence-electron chi connectivity index (χ1n) is 10.5. The molecule has 6 heteroatoms. The Kier molecular flexibility index (Phi) is 5.25. The number of carbonyl (C=O) groups excluding carboxylic acids is 2. The molecule has 2 aromatic carbocycles. The zero-order valence-corrected chi connectivity index (χ0v) is 18.2. The van der Waals surface area contributed by atoms with E-state index in [9.17, 15) is 9.59 Å². The van der Waals surface area contributed by atoms with Crippen LogP contribution in [0.2, 0.25) is 0 Å². The second kappa shape index (κ2) is 7.76. The Morgan fingerprint density at radius 3 is 2.68 bits per heavy atom. The average Bonchev–Trinajstić information content (AvgIpc) is 3.58. The van der Waals surface area contributed by atoms with Crippen molar-refractivity contribution in [1.82, 2.24) is 0 Å². The lowest BCUT2D eigenvalue weighted by atomic mass is 9.93. The number of benzene rings is 2. The van der Waals surface area contributed by atoms with Crippen LogP contribution in [0.4, 0.5) is 11.4 Å². The van der Waals surface area contributed by atoms with Gasteiger partial charge >= 0.3 is 0 Å². The number of hydrogen-bond acceptors (Lipinski definition) is 4. The summed E-state index contributed by atoms with van der Waals surface area (Å²) in [5, 5.41) is 3.05. The quantitative estimate of drug-likeness (QED) is 0.708. The summed E-state index contributed by atoms with van der Waals surface area (Å²) in [7, 11) is 1.62. The number of carbonyl (C=O) groups is 2. The maximum Gasteiger partial charge on any atom is 0.236 e. The molecule has 0 bridgehead atoms. The molecule has 1 saturated carbocycles. The van der Waals surface area contributed by atoms with E-state index in [0.29, 0.717) is 23.7 Å². The van der Waals surface area contributed by atoms with Crippen molar-refractivity contribution in [1.29, 1.82) is 0 Å². The molecule has 0 unspecified atom stereocenters. The number of ether oxygens (including phenoxy) is 2. The van der Waals surface area contributed by atoms with Gasteiger partial charge in [0.2, 0.25) is 11.8 Å². The monoisotopic (exact) mass is 420 g/mol. The lowest BCUT2D eigenvalue weighted by Crippen LogP contribution is -2.42. The van der Waals surface area contributed by atoms with E-state index in [0.717, 1.165) is 24.2 Å². The van der Waals surface area contributed by atoms with Gasteiger partial charge in [-0.05, 0) is 44.9 Å². The Bertz CT molecular complexity index is 1040. The van der Waals surface area contributed by atoms with Crippen molar-refractivity contribution in [3.63, 3.8) is 0 Å². The fourth-order valence-corrected chi connectivity index (χ4v) is 4.07. The fourth-order valence-electron chi connectivity index (χ4n) is 4.07. The number of fused-ring (bicyclic) bond motifs is 1. The van der Waals surface area contributed by atoms with E-state index < -0.39 is 10.8 Å². The van der Waals surface area contributed by atoms with Gasteiger partial charge in [-0.15, -0.1) is 6.58 Å². The van der Waals surface area contributed by atoms with E-state index >= 15 is 0 Å². The molecule has 6 nitrogen and oxygen atoms in total. The van der Waals surface area contributed by atoms with Crippen molar-refractivity contribution in [2.75, 3.05) is 30.5 Å². The number of anilines is 2. The number of para-hydroxylation sites is 1. The van der Waals surface area contributed by atoms with Crippen LogP contribution in [0.1, 0.15) is 32.3 Å². The number of nitrogens with zero attached hydrogens (tertiary/aromatic N) is 1. The topological polar surface area (TPSA) is 67.9 Å². The zero-order valence-electron chi connectivity index (χ0n) is 18.2. The summed E-state index contributed by atoms with van der Waals surface area (Å²) in [6, 6.07) is 13.1. The Balaban J connectivity index is 1.62. The predicted molar refractivity (Wildman–Crippen MR) is 121 cm³/mol. The maximum atomic E-state index is 13.2. The highest BCUT2D eigenvalue weighted by atomic mass is 16.5. The molecular weight excluding hydrogens is 392 g/mol. The smallest absolute Gasteiger partial charge is 0.236 e. The van der Waals surface area contributed by atoms with Crippen molar-refractivity contribution in [3.05, 3.63) is 60.7 Å². The van der Waals surface area contributed by atoms with Crippen LogP contribution in [-0.4, -0.2) is 32.1 Å². The highest BCUT2D eigenvalue weighted by molar-refractivity contribution is 6.03. The molecule has 1 aliphatic carbocycles. The number of methoxy groups -OCH3 is 1. The van der Waals surface area contributed by atoms with Crippen LogP contribution in [0, 0.1) is 5.41 Å². The zero-order chi connectivity index (χ0) is 22.2. The van der Waals surface area contributed by atoms with Crippen LogP contribution in [0.3, 0.4) is 0 Å². The largest absolute Gasteiger partial charge is 0.496 e. The molecule has 1 fully saturated rings. The van der Waals surface area contributed by atoms with Crippen LogP contribution in [-0.2, 0) is 15.0 Å². The molecule has 1 heterocycles. The first kappa shape index (κ1) is 21.0. The van der Waals surface area contributed by atoms with Gasteiger partial charge in [-0.3, -0.25) is 9.59 Å². The van der Waals surface area contributed by atoms with Gasteiger partial charge < -0.3 is 19.7 Å². The van der Waals surface area contributed by atoms with Gasteiger partial charge in [-0.2, -0.15) is 0 Å². The van der Waals surface area contributed by atoms with Crippen molar-refractivity contribution in [3.8, 4) is 11.5 Å². The minimum atomic E-state index is -0.659. The summed E-state index contributed by atoms with van der Waals surface area (Å²) in [6.45, 7) is 8.15. The first-order valence-corrected chi connectivity index (χ1v) is 10.5. The van der Waals surface area contributed by atoms with E-state index in [2.05, 4.69) is 11.9 Å². The second-order valence-electron chi connectivity index (χ2n) is 8.80. The van der Waals surface area contributed by atoms with Gasteiger partial charge in [0, 0.05) is 23.9 Å². The summed E-state index contributed by atoms with van der Waals surface area (Å²) < 4.78 is 11.5. The average molecular weight is 421 g/mol. The lowest BCUT2D eigenvalue weighted by molar-refractivity contribution is -0.127. The van der Waals surface area contributed by atoms with Crippen LogP contribution in [0.15, 0.2) is 55.1 Å². The molecule has 2 aromatic rings. The van der Waals surface area contributed by atoms with Gasteiger partial charge in [-0.1, -0.05) is 24.3 Å². The summed E-state index contributed by atoms with van der Waals surface area (Å²) in [6.07, 6.45) is 3.25. The molecule has 2 amide bonds. The lowest BCUT2D eigenvalue weighted by Gasteiger charge is -2.27. The molecule has 31 heavy (non-hydrogen) atoms.